The minimum atomic E-state index is -0.451. The normalized spacial score (nSPS) is 15.3. The zero-order chi connectivity index (χ0) is 22.5. The molecule has 0 amide bonds. The van der Waals surface area contributed by atoms with Gasteiger partial charge in [0.1, 0.15) is 22.9 Å². The highest BCUT2D eigenvalue weighted by atomic mass is 16.5. The summed E-state index contributed by atoms with van der Waals surface area (Å²) < 4.78 is 15.5. The first-order chi connectivity index (χ1) is 16.1. The van der Waals surface area contributed by atoms with E-state index in [-0.39, 0.29) is 5.88 Å². The van der Waals surface area contributed by atoms with Crippen molar-refractivity contribution in [3.8, 4) is 29.1 Å². The first-order valence-electron chi connectivity index (χ1n) is 10.4. The molecule has 6 rings (SSSR count). The van der Waals surface area contributed by atoms with Crippen molar-refractivity contribution >= 4 is 11.0 Å². The Morgan fingerprint density at radius 2 is 1.94 bits per heavy atom. The fraction of sp³-hybridized carbons (Fsp3) is 0.0800. The molecule has 0 spiro atoms. The first kappa shape index (κ1) is 19.0. The second kappa shape index (κ2) is 7.14. The lowest BCUT2D eigenvalue weighted by molar-refractivity contribution is 0.358. The van der Waals surface area contributed by atoms with E-state index in [1.807, 2.05) is 65.4 Å². The molecule has 0 radical (unpaired) electrons. The molecular formula is C25H18N6O2. The molecule has 0 saturated heterocycles. The molecule has 3 aromatic heterocycles. The zero-order valence-electron chi connectivity index (χ0n) is 17.6. The van der Waals surface area contributed by atoms with E-state index in [1.165, 1.54) is 0 Å². The first-order valence-corrected chi connectivity index (χ1v) is 10.4. The van der Waals surface area contributed by atoms with Crippen molar-refractivity contribution in [1.82, 2.24) is 19.3 Å². The van der Waals surface area contributed by atoms with Crippen LogP contribution in [0.3, 0.4) is 0 Å². The van der Waals surface area contributed by atoms with Gasteiger partial charge in [-0.1, -0.05) is 30.3 Å². The molecule has 0 aliphatic carbocycles. The number of hydrogen-bond acceptors (Lipinski definition) is 6. The summed E-state index contributed by atoms with van der Waals surface area (Å²) in [6, 6.07) is 19.9. The van der Waals surface area contributed by atoms with E-state index in [2.05, 4.69) is 16.2 Å². The topological polar surface area (TPSA) is 108 Å². The number of ether oxygens (including phenoxy) is 1. The van der Waals surface area contributed by atoms with Gasteiger partial charge in [0, 0.05) is 30.5 Å². The second-order valence-corrected chi connectivity index (χ2v) is 7.83. The highest BCUT2D eigenvalue weighted by Gasteiger charge is 2.37. The van der Waals surface area contributed by atoms with Gasteiger partial charge in [0.05, 0.1) is 17.8 Å². The Balaban J connectivity index is 1.54. The molecule has 8 heteroatoms. The van der Waals surface area contributed by atoms with Gasteiger partial charge in [0.2, 0.25) is 11.8 Å². The average Bonchev–Trinajstić information content (AvgIpc) is 3.58. The summed E-state index contributed by atoms with van der Waals surface area (Å²) in [5.74, 6) is 0.723. The number of nitrogens with zero attached hydrogens (tertiary/aromatic N) is 5. The maximum absolute atomic E-state index is 9.98. The highest BCUT2D eigenvalue weighted by Crippen LogP contribution is 2.47. The molecule has 4 heterocycles. The quantitative estimate of drug-likeness (QED) is 0.455. The van der Waals surface area contributed by atoms with Crippen molar-refractivity contribution in [2.45, 2.75) is 5.92 Å². The molecule has 0 bridgehead atoms. The molecule has 0 saturated carbocycles. The van der Waals surface area contributed by atoms with Crippen molar-refractivity contribution in [3.63, 3.8) is 0 Å². The highest BCUT2D eigenvalue weighted by molar-refractivity contribution is 5.83. The van der Waals surface area contributed by atoms with Crippen molar-refractivity contribution in [1.29, 1.82) is 5.26 Å². The van der Waals surface area contributed by atoms with E-state index >= 15 is 0 Å². The summed E-state index contributed by atoms with van der Waals surface area (Å²) in [5, 5.41) is 15.6. The molecule has 1 aliphatic heterocycles. The Morgan fingerprint density at radius 1 is 1.12 bits per heavy atom. The second-order valence-electron chi connectivity index (χ2n) is 7.83. The van der Waals surface area contributed by atoms with E-state index in [9.17, 15) is 5.26 Å². The number of benzene rings is 2. The third-order valence-electron chi connectivity index (χ3n) is 5.89. The third-order valence-corrected chi connectivity index (χ3v) is 5.89. The third kappa shape index (κ3) is 2.91. The molecule has 1 atom stereocenters. The van der Waals surface area contributed by atoms with Gasteiger partial charge >= 0.3 is 0 Å². The summed E-state index contributed by atoms with van der Waals surface area (Å²) in [5.41, 5.74) is 10.5. The van der Waals surface area contributed by atoms with E-state index in [1.54, 1.807) is 24.3 Å². The number of allylic oxidation sites excluding steroid dienone is 1. The maximum atomic E-state index is 9.98. The summed E-state index contributed by atoms with van der Waals surface area (Å²) in [7, 11) is 1.79. The standard InChI is InChI=1S/C25H18N6O2/c1-30-25-22(23(29-30)20-12-16-4-2-3-5-19(16)32-20)21(18(13-26)24(27)33-25)15-6-8-17(9-7-15)31-11-10-28-14-31/h2-12,14,21H,27H2,1H3. The van der Waals surface area contributed by atoms with Gasteiger partial charge in [0.25, 0.3) is 0 Å². The maximum Gasteiger partial charge on any atom is 0.224 e. The van der Waals surface area contributed by atoms with Crippen LogP contribution in [0.2, 0.25) is 0 Å². The molecule has 1 aliphatic rings. The molecule has 2 N–H and O–H groups in total. The van der Waals surface area contributed by atoms with Crippen LogP contribution in [-0.2, 0) is 7.05 Å². The lowest BCUT2D eigenvalue weighted by Crippen LogP contribution is -2.21. The van der Waals surface area contributed by atoms with Crippen LogP contribution >= 0.6 is 0 Å². The van der Waals surface area contributed by atoms with Gasteiger partial charge < -0.3 is 19.5 Å². The monoisotopic (exact) mass is 434 g/mol. The molecule has 5 aromatic rings. The molecule has 2 aromatic carbocycles. The Morgan fingerprint density at radius 3 is 2.67 bits per heavy atom. The molecular weight excluding hydrogens is 416 g/mol. The van der Waals surface area contributed by atoms with Gasteiger partial charge in [-0.2, -0.15) is 10.4 Å². The fourth-order valence-electron chi connectivity index (χ4n) is 4.34. The Labute approximate surface area is 188 Å². The van der Waals surface area contributed by atoms with Crippen LogP contribution in [0.5, 0.6) is 5.88 Å². The van der Waals surface area contributed by atoms with Crippen molar-refractivity contribution in [3.05, 3.63) is 95.9 Å². The molecule has 160 valence electrons. The van der Waals surface area contributed by atoms with Crippen LogP contribution < -0.4 is 10.5 Å². The van der Waals surface area contributed by atoms with Crippen molar-refractivity contribution in [2.75, 3.05) is 0 Å². The number of nitrogens with two attached hydrogens (primary N) is 1. The number of rotatable bonds is 3. The minimum absolute atomic E-state index is 0.0767. The predicted molar refractivity (Wildman–Crippen MR) is 121 cm³/mol. The lowest BCUT2D eigenvalue weighted by Gasteiger charge is -2.24. The number of para-hydroxylation sites is 1. The summed E-state index contributed by atoms with van der Waals surface area (Å²) >= 11 is 0. The predicted octanol–water partition coefficient (Wildman–Crippen LogP) is 4.24. The summed E-state index contributed by atoms with van der Waals surface area (Å²) in [6.45, 7) is 0. The number of furan rings is 1. The van der Waals surface area contributed by atoms with Crippen LogP contribution in [0.4, 0.5) is 0 Å². The van der Waals surface area contributed by atoms with Gasteiger partial charge in [-0.05, 0) is 29.8 Å². The molecule has 33 heavy (non-hydrogen) atoms. The van der Waals surface area contributed by atoms with E-state index in [0.29, 0.717) is 22.9 Å². The zero-order valence-corrected chi connectivity index (χ0v) is 17.6. The largest absolute Gasteiger partial charge is 0.454 e. The van der Waals surface area contributed by atoms with E-state index in [4.69, 9.17) is 14.9 Å². The summed E-state index contributed by atoms with van der Waals surface area (Å²) in [6.07, 6.45) is 5.34. The number of imidazole rings is 1. The smallest absolute Gasteiger partial charge is 0.224 e. The van der Waals surface area contributed by atoms with Crippen LogP contribution in [-0.4, -0.2) is 19.3 Å². The number of aromatic nitrogens is 4. The number of aryl methyl sites for hydroxylation is 1. The molecule has 8 nitrogen and oxygen atoms in total. The fourth-order valence-corrected chi connectivity index (χ4v) is 4.34. The minimum Gasteiger partial charge on any atom is -0.454 e. The van der Waals surface area contributed by atoms with Crippen LogP contribution in [0.25, 0.3) is 28.1 Å². The van der Waals surface area contributed by atoms with Gasteiger partial charge in [-0.3, -0.25) is 0 Å². The Bertz CT molecular complexity index is 1530. The van der Waals surface area contributed by atoms with Crippen LogP contribution in [0.1, 0.15) is 17.0 Å². The van der Waals surface area contributed by atoms with Crippen molar-refractivity contribution in [2.24, 2.45) is 12.8 Å². The average molecular weight is 434 g/mol. The van der Waals surface area contributed by atoms with E-state index < -0.39 is 5.92 Å². The molecule has 0 fully saturated rings. The van der Waals surface area contributed by atoms with Crippen LogP contribution in [0, 0.1) is 11.3 Å². The van der Waals surface area contributed by atoms with Gasteiger partial charge in [0.15, 0.2) is 5.76 Å². The number of hydrogen-bond donors (Lipinski definition) is 1. The number of nitriles is 1. The number of fused-ring (bicyclic) bond motifs is 2. The Hall–Kier alpha value is -4.77. The van der Waals surface area contributed by atoms with Gasteiger partial charge in [-0.25, -0.2) is 9.67 Å². The Kier molecular flexibility index (Phi) is 4.10. The van der Waals surface area contributed by atoms with Crippen molar-refractivity contribution < 1.29 is 9.15 Å². The van der Waals surface area contributed by atoms with Gasteiger partial charge in [-0.15, -0.1) is 0 Å². The SMILES string of the molecule is Cn1nc(-c2cc3ccccc3o2)c2c1OC(N)=C(C#N)C2c1ccc(-n2ccnc2)cc1. The lowest BCUT2D eigenvalue weighted by atomic mass is 9.83. The molecule has 1 unspecified atom stereocenters. The van der Waals surface area contributed by atoms with Crippen LogP contribution in [0.15, 0.2) is 89.2 Å². The summed E-state index contributed by atoms with van der Waals surface area (Å²) in [4.78, 5) is 4.10. The van der Waals surface area contributed by atoms with E-state index in [0.717, 1.165) is 27.8 Å².